The van der Waals surface area contributed by atoms with E-state index in [2.05, 4.69) is 4.72 Å². The van der Waals surface area contributed by atoms with Gasteiger partial charge >= 0.3 is 0 Å². The fourth-order valence-electron chi connectivity index (χ4n) is 1.94. The molecule has 0 aliphatic heterocycles. The van der Waals surface area contributed by atoms with Crippen molar-refractivity contribution in [2.45, 2.75) is 18.7 Å². The van der Waals surface area contributed by atoms with Gasteiger partial charge in [-0.2, -0.15) is 0 Å². The highest BCUT2D eigenvalue weighted by atomic mass is 32.2. The number of hydrogen-bond acceptors (Lipinski definition) is 4. The van der Waals surface area contributed by atoms with Crippen molar-refractivity contribution in [2.24, 2.45) is 0 Å². The van der Waals surface area contributed by atoms with Crippen molar-refractivity contribution in [3.05, 3.63) is 53.8 Å². The summed E-state index contributed by atoms with van der Waals surface area (Å²) in [5.74, 6) is -0.949. The topological polar surface area (TPSA) is 72.5 Å². The van der Waals surface area contributed by atoms with E-state index < -0.39 is 15.8 Å². The van der Waals surface area contributed by atoms with E-state index in [0.29, 0.717) is 5.56 Å². The summed E-state index contributed by atoms with van der Waals surface area (Å²) in [5.41, 5.74) is 0.607. The monoisotopic (exact) mass is 337 g/mol. The zero-order valence-electron chi connectivity index (χ0n) is 12.7. The summed E-state index contributed by atoms with van der Waals surface area (Å²) in [6, 6.07) is 9.48. The summed E-state index contributed by atoms with van der Waals surface area (Å²) in [6.45, 7) is 3.36. The SMILES string of the molecule is CCOc1ccc(S(=O)(=O)Nc2cccc(C(C)=O)c2)cc1F. The molecule has 5 nitrogen and oxygen atoms in total. The minimum Gasteiger partial charge on any atom is -0.491 e. The fraction of sp³-hybridized carbons (Fsp3) is 0.188. The summed E-state index contributed by atoms with van der Waals surface area (Å²) in [6.07, 6.45) is 0. The lowest BCUT2D eigenvalue weighted by Gasteiger charge is -2.10. The van der Waals surface area contributed by atoms with Gasteiger partial charge in [0.1, 0.15) is 0 Å². The number of hydrogen-bond donors (Lipinski definition) is 1. The van der Waals surface area contributed by atoms with E-state index in [1.807, 2.05) is 0 Å². The van der Waals surface area contributed by atoms with Crippen LogP contribution in [0.5, 0.6) is 5.75 Å². The average molecular weight is 337 g/mol. The molecule has 0 aliphatic carbocycles. The number of ketones is 1. The number of carbonyl (C=O) groups is 1. The van der Waals surface area contributed by atoms with E-state index in [0.717, 1.165) is 6.07 Å². The Kier molecular flexibility index (Phi) is 5.00. The normalized spacial score (nSPS) is 11.1. The Bertz CT molecular complexity index is 834. The molecule has 0 unspecified atom stereocenters. The first kappa shape index (κ1) is 17.0. The molecule has 0 radical (unpaired) electrons. The van der Waals surface area contributed by atoms with Crippen molar-refractivity contribution < 1.29 is 22.3 Å². The number of halogens is 1. The lowest BCUT2D eigenvalue weighted by molar-refractivity contribution is 0.101. The molecule has 2 aromatic carbocycles. The van der Waals surface area contributed by atoms with Gasteiger partial charge in [0.2, 0.25) is 0 Å². The van der Waals surface area contributed by atoms with Crippen LogP contribution >= 0.6 is 0 Å². The number of nitrogens with one attached hydrogen (secondary N) is 1. The third-order valence-corrected chi connectivity index (χ3v) is 4.41. The van der Waals surface area contributed by atoms with Gasteiger partial charge in [0.05, 0.1) is 11.5 Å². The van der Waals surface area contributed by atoms with Crippen LogP contribution < -0.4 is 9.46 Å². The van der Waals surface area contributed by atoms with Gasteiger partial charge in [-0.25, -0.2) is 12.8 Å². The van der Waals surface area contributed by atoms with E-state index in [-0.39, 0.29) is 28.7 Å². The van der Waals surface area contributed by atoms with Gasteiger partial charge in [0.25, 0.3) is 10.0 Å². The Balaban J connectivity index is 2.30. The first-order valence-corrected chi connectivity index (χ1v) is 8.38. The van der Waals surface area contributed by atoms with Crippen molar-refractivity contribution in [2.75, 3.05) is 11.3 Å². The predicted molar refractivity (Wildman–Crippen MR) is 84.8 cm³/mol. The lowest BCUT2D eigenvalue weighted by Crippen LogP contribution is -2.13. The Morgan fingerprint density at radius 1 is 1.22 bits per heavy atom. The van der Waals surface area contributed by atoms with Gasteiger partial charge in [-0.15, -0.1) is 0 Å². The van der Waals surface area contributed by atoms with Crippen molar-refractivity contribution in [3.8, 4) is 5.75 Å². The zero-order valence-corrected chi connectivity index (χ0v) is 13.5. The third kappa shape index (κ3) is 4.07. The Morgan fingerprint density at radius 2 is 1.96 bits per heavy atom. The maximum Gasteiger partial charge on any atom is 0.262 e. The summed E-state index contributed by atoms with van der Waals surface area (Å²) < 4.78 is 45.8. The smallest absolute Gasteiger partial charge is 0.262 e. The Labute approximate surface area is 134 Å². The fourth-order valence-corrected chi connectivity index (χ4v) is 3.00. The number of carbonyl (C=O) groups excluding carboxylic acids is 1. The lowest BCUT2D eigenvalue weighted by atomic mass is 10.1. The number of Topliss-reactive ketones (excluding diaryl/α,β-unsaturated/α-hetero) is 1. The molecule has 0 amide bonds. The molecule has 0 atom stereocenters. The summed E-state index contributed by atoms with van der Waals surface area (Å²) >= 11 is 0. The van der Waals surface area contributed by atoms with Gasteiger partial charge in [0.15, 0.2) is 17.3 Å². The molecule has 0 aromatic heterocycles. The molecule has 0 spiro atoms. The number of benzene rings is 2. The van der Waals surface area contributed by atoms with Crippen molar-refractivity contribution in [1.29, 1.82) is 0 Å². The Hall–Kier alpha value is -2.41. The molecule has 7 heteroatoms. The van der Waals surface area contributed by atoms with Crippen LogP contribution in [-0.2, 0) is 10.0 Å². The second-order valence-corrected chi connectivity index (χ2v) is 6.45. The van der Waals surface area contributed by atoms with Gasteiger partial charge in [0, 0.05) is 11.3 Å². The highest BCUT2D eigenvalue weighted by Gasteiger charge is 2.17. The molecule has 122 valence electrons. The van der Waals surface area contributed by atoms with Crippen LogP contribution in [-0.4, -0.2) is 20.8 Å². The molecular weight excluding hydrogens is 321 g/mol. The first-order chi connectivity index (χ1) is 10.8. The van der Waals surface area contributed by atoms with Crippen molar-refractivity contribution >= 4 is 21.5 Å². The molecule has 0 saturated carbocycles. The molecule has 2 rings (SSSR count). The summed E-state index contributed by atoms with van der Waals surface area (Å²) in [4.78, 5) is 11.1. The molecule has 2 aromatic rings. The van der Waals surface area contributed by atoms with Crippen LogP contribution in [0.4, 0.5) is 10.1 Å². The zero-order chi connectivity index (χ0) is 17.0. The highest BCUT2D eigenvalue weighted by molar-refractivity contribution is 7.92. The van der Waals surface area contributed by atoms with E-state index in [4.69, 9.17) is 4.74 Å². The summed E-state index contributed by atoms with van der Waals surface area (Å²) in [7, 11) is -3.97. The van der Waals surface area contributed by atoms with Gasteiger partial charge in [-0.1, -0.05) is 12.1 Å². The minimum atomic E-state index is -3.97. The molecule has 23 heavy (non-hydrogen) atoms. The second-order valence-electron chi connectivity index (χ2n) is 4.77. The largest absolute Gasteiger partial charge is 0.491 e. The molecular formula is C16H16FNO4S. The molecule has 0 fully saturated rings. The quantitative estimate of drug-likeness (QED) is 0.822. The molecule has 0 saturated heterocycles. The van der Waals surface area contributed by atoms with Crippen molar-refractivity contribution in [1.82, 2.24) is 0 Å². The average Bonchev–Trinajstić information content (AvgIpc) is 2.49. The molecule has 0 heterocycles. The maximum atomic E-state index is 13.8. The number of ether oxygens (including phenoxy) is 1. The second kappa shape index (κ2) is 6.78. The highest BCUT2D eigenvalue weighted by Crippen LogP contribution is 2.23. The number of rotatable bonds is 6. The molecule has 0 aliphatic rings. The van der Waals surface area contributed by atoms with E-state index in [9.17, 15) is 17.6 Å². The number of anilines is 1. The van der Waals surface area contributed by atoms with Crippen LogP contribution in [0.1, 0.15) is 24.2 Å². The minimum absolute atomic E-state index is 0.00923. The van der Waals surface area contributed by atoms with Gasteiger partial charge < -0.3 is 4.74 Å². The van der Waals surface area contributed by atoms with Crippen LogP contribution in [0.25, 0.3) is 0 Å². The standard InChI is InChI=1S/C16H16FNO4S/c1-3-22-16-8-7-14(10-15(16)17)23(20,21)18-13-6-4-5-12(9-13)11(2)19/h4-10,18H,3H2,1-2H3. The van der Waals surface area contributed by atoms with E-state index >= 15 is 0 Å². The predicted octanol–water partition coefficient (Wildman–Crippen LogP) is 3.23. The molecule has 0 bridgehead atoms. The van der Waals surface area contributed by atoms with E-state index in [1.165, 1.54) is 31.2 Å². The number of sulfonamides is 1. The maximum absolute atomic E-state index is 13.8. The third-order valence-electron chi connectivity index (χ3n) is 3.03. The first-order valence-electron chi connectivity index (χ1n) is 6.89. The van der Waals surface area contributed by atoms with Gasteiger partial charge in [-0.3, -0.25) is 9.52 Å². The van der Waals surface area contributed by atoms with Crippen LogP contribution in [0.2, 0.25) is 0 Å². The Morgan fingerprint density at radius 3 is 2.57 bits per heavy atom. The van der Waals surface area contributed by atoms with Gasteiger partial charge in [-0.05, 0) is 44.2 Å². The van der Waals surface area contributed by atoms with Crippen LogP contribution in [0, 0.1) is 5.82 Å². The molecule has 1 N–H and O–H groups in total. The van der Waals surface area contributed by atoms with Crippen LogP contribution in [0.3, 0.4) is 0 Å². The summed E-state index contributed by atoms with van der Waals surface area (Å²) in [5, 5.41) is 0. The van der Waals surface area contributed by atoms with E-state index in [1.54, 1.807) is 19.1 Å². The van der Waals surface area contributed by atoms with Crippen molar-refractivity contribution in [3.63, 3.8) is 0 Å². The van der Waals surface area contributed by atoms with Crippen LogP contribution in [0.15, 0.2) is 47.4 Å².